The lowest BCUT2D eigenvalue weighted by Crippen LogP contribution is -2.19. The van der Waals surface area contributed by atoms with Gasteiger partial charge in [0.2, 0.25) is 0 Å². The number of carboxylic acid groups (broad SMARTS) is 2. The smallest absolute Gasteiger partial charge is 0.449 e. The molecule has 0 aliphatic heterocycles. The van der Waals surface area contributed by atoms with E-state index in [0.29, 0.717) is 0 Å². The summed E-state index contributed by atoms with van der Waals surface area (Å²) in [5.74, 6) is 0. The van der Waals surface area contributed by atoms with E-state index in [1.165, 1.54) is 0 Å². The summed E-state index contributed by atoms with van der Waals surface area (Å²) in [5, 5.41) is 15.6. The van der Waals surface area contributed by atoms with Gasteiger partial charge in [0.15, 0.2) is 0 Å². The topological polar surface area (TPSA) is 136 Å². The van der Waals surface area contributed by atoms with E-state index in [2.05, 4.69) is 14.2 Å². The minimum atomic E-state index is -2.01. The van der Waals surface area contributed by atoms with Gasteiger partial charge >= 0.3 is 24.6 Å². The second-order valence-corrected chi connectivity index (χ2v) is 1.34. The van der Waals surface area contributed by atoms with Gasteiger partial charge in [-0.3, -0.25) is 0 Å². The van der Waals surface area contributed by atoms with Crippen LogP contribution >= 0.6 is 0 Å². The third-order valence-corrected chi connectivity index (χ3v) is 0.508. The van der Waals surface area contributed by atoms with Crippen molar-refractivity contribution < 1.29 is 43.6 Å². The molecule has 0 heterocycles. The summed E-state index contributed by atoms with van der Waals surface area (Å²) in [6, 6.07) is 0. The van der Waals surface area contributed by atoms with Crippen molar-refractivity contribution in [2.75, 3.05) is 0 Å². The summed E-state index contributed by atoms with van der Waals surface area (Å²) in [4.78, 5) is 39.5. The van der Waals surface area contributed by atoms with Gasteiger partial charge in [0.05, 0.1) is 0 Å². The highest BCUT2D eigenvalue weighted by Gasteiger charge is 2.18. The van der Waals surface area contributed by atoms with Gasteiger partial charge in [-0.05, 0) is 0 Å². The zero-order valence-corrected chi connectivity index (χ0v) is 5.75. The first-order chi connectivity index (χ1) is 5.91. The summed E-state index contributed by atoms with van der Waals surface area (Å²) in [7, 11) is 0. The van der Waals surface area contributed by atoms with Gasteiger partial charge in [-0.15, -0.1) is 0 Å². The van der Waals surface area contributed by atoms with E-state index in [1.807, 2.05) is 0 Å². The van der Waals surface area contributed by atoms with Crippen LogP contribution in [0.2, 0.25) is 0 Å². The second kappa shape index (κ2) is 4.54. The van der Waals surface area contributed by atoms with Crippen LogP contribution in [-0.4, -0.2) is 34.8 Å². The second-order valence-electron chi connectivity index (χ2n) is 1.34. The summed E-state index contributed by atoms with van der Waals surface area (Å²) in [5.41, 5.74) is 0. The van der Waals surface area contributed by atoms with Crippen LogP contribution < -0.4 is 0 Å². The van der Waals surface area contributed by atoms with Crippen LogP contribution in [0.3, 0.4) is 0 Å². The Bertz CT molecular complexity index is 226. The summed E-state index contributed by atoms with van der Waals surface area (Å²) >= 11 is 0. The first kappa shape index (κ1) is 10.7. The Balaban J connectivity index is 3.85. The number of rotatable bonds is 0. The van der Waals surface area contributed by atoms with E-state index in [9.17, 15) is 19.2 Å². The Labute approximate surface area is 69.4 Å². The quantitative estimate of drug-likeness (QED) is 0.419. The first-order valence-corrected chi connectivity index (χ1v) is 2.49. The van der Waals surface area contributed by atoms with Crippen LogP contribution in [-0.2, 0) is 14.2 Å². The molecule has 0 unspecified atom stereocenters. The number of carbonyl (C=O) groups excluding carboxylic acids is 2. The maximum Gasteiger partial charge on any atom is 0.528 e. The zero-order valence-electron chi connectivity index (χ0n) is 5.75. The Morgan fingerprint density at radius 1 is 0.692 bits per heavy atom. The fourth-order valence-corrected chi connectivity index (χ4v) is 0.252. The third-order valence-electron chi connectivity index (χ3n) is 0.508. The highest BCUT2D eigenvalue weighted by Crippen LogP contribution is 1.91. The van der Waals surface area contributed by atoms with Crippen molar-refractivity contribution in [3.05, 3.63) is 0 Å². The fraction of sp³-hybridized carbons (Fsp3) is 0. The number of hydrogen-bond donors (Lipinski definition) is 2. The molecule has 72 valence electrons. The van der Waals surface area contributed by atoms with Crippen molar-refractivity contribution in [3.8, 4) is 0 Å². The van der Waals surface area contributed by atoms with Gasteiger partial charge in [-0.1, -0.05) is 0 Å². The lowest BCUT2D eigenvalue weighted by atomic mass is 11.2. The molecule has 0 aromatic heterocycles. The van der Waals surface area contributed by atoms with Crippen molar-refractivity contribution in [1.29, 1.82) is 0 Å². The molecule has 2 N–H and O–H groups in total. The molecule has 0 amide bonds. The minimum Gasteiger partial charge on any atom is -0.449 e. The molecule has 0 aliphatic rings. The van der Waals surface area contributed by atoms with Gasteiger partial charge in [0.1, 0.15) is 0 Å². The van der Waals surface area contributed by atoms with E-state index >= 15 is 0 Å². The Morgan fingerprint density at radius 3 is 1.23 bits per heavy atom. The lowest BCUT2D eigenvalue weighted by Gasteiger charge is -1.97. The molecular formula is C4H2O9. The monoisotopic (exact) mass is 194 g/mol. The van der Waals surface area contributed by atoms with Gasteiger partial charge in [0, 0.05) is 0 Å². The van der Waals surface area contributed by atoms with Crippen molar-refractivity contribution >= 4 is 24.6 Å². The molecule has 0 aliphatic carbocycles. The third kappa shape index (κ3) is 6.09. The Hall–Kier alpha value is -2.32. The molecule has 0 bridgehead atoms. The van der Waals surface area contributed by atoms with Crippen molar-refractivity contribution in [1.82, 2.24) is 0 Å². The molecule has 0 atom stereocenters. The lowest BCUT2D eigenvalue weighted by molar-refractivity contribution is 0.0415. The molecule has 0 radical (unpaired) electrons. The van der Waals surface area contributed by atoms with Crippen LogP contribution in [0.4, 0.5) is 19.2 Å². The van der Waals surface area contributed by atoms with E-state index in [0.717, 1.165) is 0 Å². The molecule has 9 nitrogen and oxygen atoms in total. The predicted octanol–water partition coefficient (Wildman–Crippen LogP) is 0.632. The van der Waals surface area contributed by atoms with Crippen molar-refractivity contribution in [2.24, 2.45) is 0 Å². The maximum absolute atomic E-state index is 10.1. The Morgan fingerprint density at radius 2 is 1.00 bits per heavy atom. The van der Waals surface area contributed by atoms with Crippen LogP contribution in [0.15, 0.2) is 0 Å². The zero-order chi connectivity index (χ0) is 10.4. The van der Waals surface area contributed by atoms with E-state index in [1.54, 1.807) is 0 Å². The first-order valence-electron chi connectivity index (χ1n) is 2.49. The average molecular weight is 194 g/mol. The van der Waals surface area contributed by atoms with Crippen LogP contribution in [0.1, 0.15) is 0 Å². The summed E-state index contributed by atoms with van der Waals surface area (Å²) < 4.78 is 9.92. The van der Waals surface area contributed by atoms with Crippen LogP contribution in [0.25, 0.3) is 0 Å². The maximum atomic E-state index is 10.1. The SMILES string of the molecule is O=C(O)OC(=O)OC(=O)OC(=O)O. The Kier molecular flexibility index (Phi) is 3.73. The van der Waals surface area contributed by atoms with Crippen molar-refractivity contribution in [2.45, 2.75) is 0 Å². The van der Waals surface area contributed by atoms with Gasteiger partial charge < -0.3 is 24.4 Å². The molecule has 0 saturated heterocycles. The largest absolute Gasteiger partial charge is 0.528 e. The molecule has 0 spiro atoms. The normalized spacial score (nSPS) is 8.31. The number of carbonyl (C=O) groups is 4. The van der Waals surface area contributed by atoms with E-state index in [-0.39, 0.29) is 0 Å². The molecular weight excluding hydrogens is 192 g/mol. The average Bonchev–Trinajstić information content (AvgIpc) is 1.80. The highest BCUT2D eigenvalue weighted by atomic mass is 16.9. The molecule has 0 aromatic carbocycles. The van der Waals surface area contributed by atoms with Gasteiger partial charge in [0.25, 0.3) is 0 Å². The van der Waals surface area contributed by atoms with Crippen LogP contribution in [0, 0.1) is 0 Å². The molecule has 0 saturated carbocycles. The van der Waals surface area contributed by atoms with Gasteiger partial charge in [-0.2, -0.15) is 0 Å². The molecule has 13 heavy (non-hydrogen) atoms. The van der Waals surface area contributed by atoms with Gasteiger partial charge in [-0.25, -0.2) is 19.2 Å². The van der Waals surface area contributed by atoms with Crippen molar-refractivity contribution in [3.63, 3.8) is 0 Å². The minimum absolute atomic E-state index is 1.90. The molecule has 0 fully saturated rings. The molecule has 0 aromatic rings. The van der Waals surface area contributed by atoms with Crippen LogP contribution in [0.5, 0.6) is 0 Å². The fourth-order valence-electron chi connectivity index (χ4n) is 0.252. The summed E-state index contributed by atoms with van der Waals surface area (Å²) in [6.45, 7) is 0. The van der Waals surface area contributed by atoms with E-state index in [4.69, 9.17) is 10.2 Å². The predicted molar refractivity (Wildman–Crippen MR) is 30.1 cm³/mol. The standard InChI is InChI=1S/C4H2O9/c5-1(6)11-3(9)13-4(10)12-2(7)8/h(H,5,6)(H,7,8). The summed E-state index contributed by atoms with van der Waals surface area (Å²) in [6.07, 6.45) is -7.82. The van der Waals surface area contributed by atoms with E-state index < -0.39 is 24.6 Å². The molecule has 0 rings (SSSR count). The number of ether oxygens (including phenoxy) is 3. The molecule has 9 heteroatoms. The number of hydrogen-bond acceptors (Lipinski definition) is 7. The highest BCUT2D eigenvalue weighted by molar-refractivity contribution is 5.86.